The largest absolute Gasteiger partial charge is 0.493 e. The Labute approximate surface area is 198 Å². The molecule has 2 aliphatic rings. The van der Waals surface area contributed by atoms with E-state index in [0.717, 1.165) is 30.6 Å². The fraction of sp³-hybridized carbons (Fsp3) is 0.677. The van der Waals surface area contributed by atoms with Gasteiger partial charge >= 0.3 is 0 Å². The Balaban J connectivity index is 1.28. The third-order valence-electron chi connectivity index (χ3n) is 7.64. The Morgan fingerprint density at radius 3 is 2.25 bits per heavy atom. The van der Waals surface area contributed by atoms with E-state index in [-0.39, 0.29) is 0 Å². The van der Waals surface area contributed by atoms with E-state index in [0.29, 0.717) is 11.8 Å². The molecule has 2 saturated carbocycles. The lowest BCUT2D eigenvalue weighted by molar-refractivity contribution is 0.196. The summed E-state index contributed by atoms with van der Waals surface area (Å²) >= 11 is 0. The summed E-state index contributed by atoms with van der Waals surface area (Å²) in [6.45, 7) is 5.38. The fourth-order valence-corrected chi connectivity index (χ4v) is 5.43. The van der Waals surface area contributed by atoms with Crippen molar-refractivity contribution in [1.29, 1.82) is 0 Å². The molecule has 1 aromatic carbocycles. The molecule has 0 spiro atoms. The number of aryl methyl sites for hydroxylation is 1. The zero-order valence-electron chi connectivity index (χ0n) is 20.8. The molecule has 0 aliphatic heterocycles. The third kappa shape index (κ3) is 9.05. The van der Waals surface area contributed by atoms with Gasteiger partial charge in [-0.15, -0.1) is 0 Å². The first-order valence-corrected chi connectivity index (χ1v) is 13.7. The second kappa shape index (κ2) is 14.5. The summed E-state index contributed by atoms with van der Waals surface area (Å²) in [5.41, 5.74) is 1.41. The zero-order valence-corrected chi connectivity index (χ0v) is 20.8. The highest BCUT2D eigenvalue weighted by atomic mass is 16.5. The molecule has 0 bridgehead atoms. The van der Waals surface area contributed by atoms with Gasteiger partial charge in [0, 0.05) is 5.92 Å². The maximum Gasteiger partial charge on any atom is 0.119 e. The molecule has 0 unspecified atom stereocenters. The molecule has 32 heavy (non-hydrogen) atoms. The minimum atomic E-state index is 0.582. The molecule has 1 nitrogen and oxygen atoms in total. The van der Waals surface area contributed by atoms with E-state index < -0.39 is 0 Å². The Bertz CT molecular complexity index is 703. The number of hydrogen-bond acceptors (Lipinski definition) is 1. The average Bonchev–Trinajstić information content (AvgIpc) is 2.83. The van der Waals surface area contributed by atoms with Gasteiger partial charge in [-0.1, -0.05) is 76.0 Å². The van der Waals surface area contributed by atoms with Crippen LogP contribution in [0.5, 0.6) is 5.75 Å². The van der Waals surface area contributed by atoms with Crippen molar-refractivity contribution in [3.8, 4) is 17.6 Å². The SMILES string of the molecule is CCCCC[C@H]1CC[C@H](/C=C/C#C[C@H]2CC[C@H](COc3ccc(CCC)cc3)CC2)CC1. The molecule has 1 heteroatoms. The van der Waals surface area contributed by atoms with E-state index in [2.05, 4.69) is 62.1 Å². The highest BCUT2D eigenvalue weighted by molar-refractivity contribution is 5.27. The van der Waals surface area contributed by atoms with Gasteiger partial charge in [0.2, 0.25) is 0 Å². The normalized spacial score (nSPS) is 25.9. The van der Waals surface area contributed by atoms with E-state index >= 15 is 0 Å². The predicted molar refractivity (Wildman–Crippen MR) is 138 cm³/mol. The molecule has 0 atom stereocenters. The Hall–Kier alpha value is -1.68. The second-order valence-electron chi connectivity index (χ2n) is 10.3. The standard InChI is InChI=1S/C31H46O/c1-3-5-6-10-27-13-15-28(16-14-27)11-7-8-12-29-17-19-30(20-18-29)25-32-31-23-21-26(9-4-2)22-24-31/h7,11,21-24,27-30H,3-6,9-10,13-20,25H2,1-2H3/b11-7+/t27-,28-,29-,30-. The van der Waals surface area contributed by atoms with Crippen molar-refractivity contribution < 1.29 is 4.74 Å². The highest BCUT2D eigenvalue weighted by Crippen LogP contribution is 2.33. The number of benzene rings is 1. The molecule has 0 amide bonds. The fourth-order valence-electron chi connectivity index (χ4n) is 5.43. The molecule has 0 aromatic heterocycles. The molecule has 176 valence electrons. The van der Waals surface area contributed by atoms with Crippen LogP contribution in [0.4, 0.5) is 0 Å². The summed E-state index contributed by atoms with van der Waals surface area (Å²) in [5.74, 6) is 11.0. The smallest absolute Gasteiger partial charge is 0.119 e. The lowest BCUT2D eigenvalue weighted by Crippen LogP contribution is -2.19. The van der Waals surface area contributed by atoms with E-state index in [4.69, 9.17) is 4.74 Å². The van der Waals surface area contributed by atoms with Gasteiger partial charge in [0.25, 0.3) is 0 Å². The molecular weight excluding hydrogens is 388 g/mol. The average molecular weight is 435 g/mol. The van der Waals surface area contributed by atoms with Crippen LogP contribution in [0, 0.1) is 35.5 Å². The Kier molecular flexibility index (Phi) is 11.3. The predicted octanol–water partition coefficient (Wildman–Crippen LogP) is 8.77. The molecule has 0 saturated heterocycles. The molecule has 0 heterocycles. The molecule has 3 rings (SSSR count). The van der Waals surface area contributed by atoms with Gasteiger partial charge in [-0.25, -0.2) is 0 Å². The molecule has 0 radical (unpaired) electrons. The number of hydrogen-bond donors (Lipinski definition) is 0. The minimum Gasteiger partial charge on any atom is -0.493 e. The van der Waals surface area contributed by atoms with Crippen LogP contribution in [-0.2, 0) is 6.42 Å². The Morgan fingerprint density at radius 1 is 0.844 bits per heavy atom. The topological polar surface area (TPSA) is 9.23 Å². The maximum atomic E-state index is 6.07. The van der Waals surface area contributed by atoms with Gasteiger partial charge in [-0.2, -0.15) is 0 Å². The van der Waals surface area contributed by atoms with Crippen molar-refractivity contribution in [2.75, 3.05) is 6.61 Å². The van der Waals surface area contributed by atoms with Crippen molar-refractivity contribution in [2.24, 2.45) is 23.7 Å². The summed E-state index contributed by atoms with van der Waals surface area (Å²) in [6, 6.07) is 8.68. The van der Waals surface area contributed by atoms with Crippen LogP contribution in [0.2, 0.25) is 0 Å². The zero-order chi connectivity index (χ0) is 22.4. The van der Waals surface area contributed by atoms with Crippen LogP contribution in [0.15, 0.2) is 36.4 Å². The first-order valence-electron chi connectivity index (χ1n) is 13.7. The van der Waals surface area contributed by atoms with Crippen LogP contribution in [0.25, 0.3) is 0 Å². The van der Waals surface area contributed by atoms with Crippen molar-refractivity contribution in [1.82, 2.24) is 0 Å². The number of allylic oxidation sites excluding steroid dienone is 2. The first kappa shape index (κ1) is 25.0. The van der Waals surface area contributed by atoms with E-state index in [9.17, 15) is 0 Å². The van der Waals surface area contributed by atoms with E-state index in [1.165, 1.54) is 89.0 Å². The van der Waals surface area contributed by atoms with E-state index in [1.807, 2.05) is 0 Å². The lowest BCUT2D eigenvalue weighted by Gasteiger charge is -2.26. The summed E-state index contributed by atoms with van der Waals surface area (Å²) in [6.07, 6.45) is 23.2. The van der Waals surface area contributed by atoms with Crippen molar-refractivity contribution in [3.05, 3.63) is 42.0 Å². The van der Waals surface area contributed by atoms with Crippen LogP contribution in [0.3, 0.4) is 0 Å². The third-order valence-corrected chi connectivity index (χ3v) is 7.64. The van der Waals surface area contributed by atoms with Crippen LogP contribution >= 0.6 is 0 Å². The van der Waals surface area contributed by atoms with Crippen molar-refractivity contribution in [3.63, 3.8) is 0 Å². The van der Waals surface area contributed by atoms with Crippen LogP contribution in [0.1, 0.15) is 103 Å². The van der Waals surface area contributed by atoms with Crippen molar-refractivity contribution in [2.45, 2.75) is 104 Å². The van der Waals surface area contributed by atoms with Gasteiger partial charge in [0.15, 0.2) is 0 Å². The van der Waals surface area contributed by atoms with E-state index in [1.54, 1.807) is 0 Å². The van der Waals surface area contributed by atoms with Crippen LogP contribution in [-0.4, -0.2) is 6.61 Å². The van der Waals surface area contributed by atoms with Crippen LogP contribution < -0.4 is 4.74 Å². The summed E-state index contributed by atoms with van der Waals surface area (Å²) in [4.78, 5) is 0. The highest BCUT2D eigenvalue weighted by Gasteiger charge is 2.21. The molecular formula is C31H46O. The maximum absolute atomic E-state index is 6.07. The van der Waals surface area contributed by atoms with Crippen molar-refractivity contribution >= 4 is 0 Å². The molecule has 2 fully saturated rings. The first-order chi connectivity index (χ1) is 15.8. The minimum absolute atomic E-state index is 0.582. The summed E-state index contributed by atoms with van der Waals surface area (Å²) in [7, 11) is 0. The lowest BCUT2D eigenvalue weighted by atomic mass is 9.79. The summed E-state index contributed by atoms with van der Waals surface area (Å²) in [5, 5.41) is 0. The van der Waals surface area contributed by atoms with Gasteiger partial charge in [-0.05, 0) is 99.3 Å². The Morgan fingerprint density at radius 2 is 1.56 bits per heavy atom. The number of rotatable bonds is 10. The molecule has 2 aliphatic carbocycles. The van der Waals surface area contributed by atoms with Gasteiger partial charge < -0.3 is 4.74 Å². The number of unbranched alkanes of at least 4 members (excludes halogenated alkanes) is 2. The summed E-state index contributed by atoms with van der Waals surface area (Å²) < 4.78 is 6.07. The quantitative estimate of drug-likeness (QED) is 0.264. The monoisotopic (exact) mass is 434 g/mol. The molecule has 1 aromatic rings. The number of ether oxygens (including phenoxy) is 1. The van der Waals surface area contributed by atoms with Gasteiger partial charge in [0.05, 0.1) is 6.61 Å². The molecule has 0 N–H and O–H groups in total. The van der Waals surface area contributed by atoms with Gasteiger partial charge in [0.1, 0.15) is 5.75 Å². The van der Waals surface area contributed by atoms with Gasteiger partial charge in [-0.3, -0.25) is 0 Å². The second-order valence-corrected chi connectivity index (χ2v) is 10.3.